The van der Waals surface area contributed by atoms with Crippen molar-refractivity contribution in [3.63, 3.8) is 0 Å². The van der Waals surface area contributed by atoms with Crippen LogP contribution in [0.25, 0.3) is 0 Å². The van der Waals surface area contributed by atoms with Gasteiger partial charge < -0.3 is 0 Å². The molecule has 6 heteroatoms. The Labute approximate surface area is 98.0 Å². The zero-order chi connectivity index (χ0) is 10.7. The number of nitriles is 1. The standard InChI is InChI=1S/C8H4ClF2IN2/c9-6-4(1-2-13)8(12)14-3-5(6)7(10)11/h3,7H,1H2. The molecular weight excluding hydrogens is 324 g/mol. The molecule has 0 bridgehead atoms. The molecule has 0 unspecified atom stereocenters. The number of pyridine rings is 1. The number of aromatic nitrogens is 1. The van der Waals surface area contributed by atoms with Gasteiger partial charge in [-0.2, -0.15) is 5.26 Å². The Bertz CT molecular complexity index is 390. The minimum atomic E-state index is -2.66. The summed E-state index contributed by atoms with van der Waals surface area (Å²) in [4.78, 5) is 3.75. The zero-order valence-electron chi connectivity index (χ0n) is 6.77. The number of hydrogen-bond acceptors (Lipinski definition) is 2. The first-order valence-corrected chi connectivity index (χ1v) is 5.01. The molecule has 0 atom stereocenters. The molecule has 0 N–H and O–H groups in total. The number of nitrogens with zero attached hydrogens (tertiary/aromatic N) is 2. The van der Waals surface area contributed by atoms with E-state index < -0.39 is 6.43 Å². The van der Waals surface area contributed by atoms with Crippen LogP contribution in [0.4, 0.5) is 8.78 Å². The van der Waals surface area contributed by atoms with Crippen molar-refractivity contribution in [3.8, 4) is 6.07 Å². The molecule has 1 rings (SSSR count). The third kappa shape index (κ3) is 2.30. The van der Waals surface area contributed by atoms with Crippen LogP contribution < -0.4 is 0 Å². The van der Waals surface area contributed by atoms with Gasteiger partial charge >= 0.3 is 0 Å². The maximum atomic E-state index is 12.4. The Hall–Kier alpha value is -0.480. The lowest BCUT2D eigenvalue weighted by molar-refractivity contribution is 0.151. The van der Waals surface area contributed by atoms with E-state index in [2.05, 4.69) is 4.98 Å². The van der Waals surface area contributed by atoms with Gasteiger partial charge in [-0.3, -0.25) is 0 Å². The highest BCUT2D eigenvalue weighted by molar-refractivity contribution is 14.1. The van der Waals surface area contributed by atoms with Crippen molar-refractivity contribution >= 4 is 34.2 Å². The van der Waals surface area contributed by atoms with Crippen molar-refractivity contribution in [3.05, 3.63) is 26.0 Å². The van der Waals surface area contributed by atoms with Crippen molar-refractivity contribution < 1.29 is 8.78 Å². The Morgan fingerprint density at radius 3 is 2.79 bits per heavy atom. The summed E-state index contributed by atoms with van der Waals surface area (Å²) < 4.78 is 25.2. The van der Waals surface area contributed by atoms with Gasteiger partial charge in [-0.15, -0.1) is 0 Å². The molecule has 1 aromatic heterocycles. The molecule has 0 aliphatic heterocycles. The van der Waals surface area contributed by atoms with E-state index in [1.54, 1.807) is 0 Å². The van der Waals surface area contributed by atoms with Crippen molar-refractivity contribution in [2.45, 2.75) is 12.8 Å². The second-order valence-electron chi connectivity index (χ2n) is 2.43. The summed E-state index contributed by atoms with van der Waals surface area (Å²) in [6, 6.07) is 1.86. The fraction of sp³-hybridized carbons (Fsp3) is 0.250. The molecule has 0 saturated heterocycles. The first-order chi connectivity index (χ1) is 6.57. The normalized spacial score (nSPS) is 10.3. The van der Waals surface area contributed by atoms with Crippen molar-refractivity contribution in [1.82, 2.24) is 4.98 Å². The van der Waals surface area contributed by atoms with E-state index in [0.717, 1.165) is 6.20 Å². The summed E-state index contributed by atoms with van der Waals surface area (Å²) in [5.74, 6) is 0. The second kappa shape index (κ2) is 4.84. The number of rotatable bonds is 2. The molecule has 1 heterocycles. The summed E-state index contributed by atoms with van der Waals surface area (Å²) >= 11 is 7.57. The van der Waals surface area contributed by atoms with Crippen LogP contribution in [0.3, 0.4) is 0 Å². The third-order valence-corrected chi connectivity index (χ3v) is 2.95. The van der Waals surface area contributed by atoms with Gasteiger partial charge in [0.25, 0.3) is 6.43 Å². The Morgan fingerprint density at radius 2 is 2.29 bits per heavy atom. The van der Waals surface area contributed by atoms with Crippen LogP contribution in [0.15, 0.2) is 6.20 Å². The van der Waals surface area contributed by atoms with Crippen molar-refractivity contribution in [2.24, 2.45) is 0 Å². The van der Waals surface area contributed by atoms with Gasteiger partial charge in [0.2, 0.25) is 0 Å². The lowest BCUT2D eigenvalue weighted by atomic mass is 10.1. The fourth-order valence-corrected chi connectivity index (χ4v) is 1.95. The lowest BCUT2D eigenvalue weighted by Gasteiger charge is -2.07. The van der Waals surface area contributed by atoms with Gasteiger partial charge in [-0.25, -0.2) is 13.8 Å². The van der Waals surface area contributed by atoms with E-state index in [0.29, 0.717) is 9.26 Å². The Balaban J connectivity index is 3.27. The highest BCUT2D eigenvalue weighted by Gasteiger charge is 2.17. The summed E-state index contributed by atoms with van der Waals surface area (Å²) in [6.07, 6.45) is -1.63. The molecule has 14 heavy (non-hydrogen) atoms. The van der Waals surface area contributed by atoms with Crippen LogP contribution in [0.1, 0.15) is 17.6 Å². The van der Waals surface area contributed by atoms with Gasteiger partial charge in [0, 0.05) is 11.8 Å². The van der Waals surface area contributed by atoms with E-state index >= 15 is 0 Å². The highest BCUT2D eigenvalue weighted by atomic mass is 127. The quantitative estimate of drug-likeness (QED) is 0.617. The summed E-state index contributed by atoms with van der Waals surface area (Å²) in [7, 11) is 0. The number of halogens is 4. The topological polar surface area (TPSA) is 36.7 Å². The Morgan fingerprint density at radius 1 is 1.64 bits per heavy atom. The second-order valence-corrected chi connectivity index (χ2v) is 3.83. The van der Waals surface area contributed by atoms with E-state index in [1.807, 2.05) is 28.7 Å². The first-order valence-electron chi connectivity index (χ1n) is 3.55. The molecular formula is C8H4ClF2IN2. The lowest BCUT2D eigenvalue weighted by Crippen LogP contribution is -1.98. The highest BCUT2D eigenvalue weighted by Crippen LogP contribution is 2.31. The van der Waals surface area contributed by atoms with Gasteiger partial charge in [0.15, 0.2) is 0 Å². The summed E-state index contributed by atoms with van der Waals surface area (Å²) in [6.45, 7) is 0. The Kier molecular flexibility index (Phi) is 4.01. The van der Waals surface area contributed by atoms with E-state index in [4.69, 9.17) is 16.9 Å². The molecule has 0 saturated carbocycles. The summed E-state index contributed by atoms with van der Waals surface area (Å²) in [5, 5.41) is 8.42. The minimum absolute atomic E-state index is 0.00926. The smallest absolute Gasteiger partial charge is 0.249 e. The van der Waals surface area contributed by atoms with Crippen molar-refractivity contribution in [2.75, 3.05) is 0 Å². The van der Waals surface area contributed by atoms with Crippen LogP contribution in [0, 0.1) is 15.0 Å². The SMILES string of the molecule is N#CCc1c(I)ncc(C(F)F)c1Cl. The zero-order valence-corrected chi connectivity index (χ0v) is 9.68. The van der Waals surface area contributed by atoms with Gasteiger partial charge in [0.1, 0.15) is 3.70 Å². The maximum Gasteiger partial charge on any atom is 0.266 e. The fourth-order valence-electron chi connectivity index (χ4n) is 0.907. The van der Waals surface area contributed by atoms with Crippen LogP contribution in [-0.2, 0) is 6.42 Å². The molecule has 0 amide bonds. The van der Waals surface area contributed by atoms with Gasteiger partial charge in [-0.05, 0) is 22.6 Å². The van der Waals surface area contributed by atoms with E-state index in [-0.39, 0.29) is 17.0 Å². The number of hydrogen-bond donors (Lipinski definition) is 0. The van der Waals surface area contributed by atoms with Crippen LogP contribution >= 0.6 is 34.2 Å². The predicted octanol–water partition coefficient (Wildman–Crippen LogP) is 3.34. The average Bonchev–Trinajstić information content (AvgIpc) is 2.11. The maximum absolute atomic E-state index is 12.4. The minimum Gasteiger partial charge on any atom is -0.249 e. The predicted molar refractivity (Wildman–Crippen MR) is 56.2 cm³/mol. The van der Waals surface area contributed by atoms with Gasteiger partial charge in [0.05, 0.1) is 23.1 Å². The summed E-state index contributed by atoms with van der Waals surface area (Å²) in [5.41, 5.74) is 0.0462. The first kappa shape index (κ1) is 11.6. The molecule has 0 aromatic carbocycles. The molecule has 2 nitrogen and oxygen atoms in total. The van der Waals surface area contributed by atoms with Crippen LogP contribution in [0.2, 0.25) is 5.02 Å². The third-order valence-electron chi connectivity index (χ3n) is 1.58. The average molecular weight is 328 g/mol. The van der Waals surface area contributed by atoms with E-state index in [1.165, 1.54) is 0 Å². The largest absolute Gasteiger partial charge is 0.266 e. The molecule has 74 valence electrons. The number of alkyl halides is 2. The van der Waals surface area contributed by atoms with Crippen LogP contribution in [-0.4, -0.2) is 4.98 Å². The van der Waals surface area contributed by atoms with E-state index in [9.17, 15) is 8.78 Å². The monoisotopic (exact) mass is 328 g/mol. The van der Waals surface area contributed by atoms with Crippen molar-refractivity contribution in [1.29, 1.82) is 5.26 Å². The molecule has 0 aliphatic carbocycles. The van der Waals surface area contributed by atoms with Crippen LogP contribution in [0.5, 0.6) is 0 Å². The molecule has 0 fully saturated rings. The molecule has 0 radical (unpaired) electrons. The molecule has 0 aliphatic rings. The molecule has 0 spiro atoms. The van der Waals surface area contributed by atoms with Gasteiger partial charge in [-0.1, -0.05) is 11.6 Å². The molecule has 1 aromatic rings.